The van der Waals surface area contributed by atoms with Gasteiger partial charge in [-0.1, -0.05) is 31.8 Å². The number of hydrogen-bond acceptors (Lipinski definition) is 8. The highest BCUT2D eigenvalue weighted by molar-refractivity contribution is 6.76. The Morgan fingerprint density at radius 1 is 1.11 bits per heavy atom. The van der Waals surface area contributed by atoms with Crippen molar-refractivity contribution in [1.82, 2.24) is 9.88 Å². The number of hydrogen-bond donors (Lipinski definition) is 1. The molecular weight excluding hydrogens is 499 g/mol. The number of rotatable bonds is 8. The first kappa shape index (κ1) is 26.1. The van der Waals surface area contributed by atoms with Crippen LogP contribution in [0.2, 0.25) is 25.7 Å². The van der Waals surface area contributed by atoms with Gasteiger partial charge in [0.1, 0.15) is 28.2 Å². The first-order valence-corrected chi connectivity index (χ1v) is 15.5. The van der Waals surface area contributed by atoms with Crippen LogP contribution in [0.1, 0.15) is 33.2 Å². The molecule has 194 valence electrons. The van der Waals surface area contributed by atoms with Crippen molar-refractivity contribution in [2.24, 2.45) is 0 Å². The van der Waals surface area contributed by atoms with Crippen molar-refractivity contribution in [1.29, 1.82) is 0 Å². The van der Waals surface area contributed by atoms with E-state index in [1.807, 2.05) is 0 Å². The summed E-state index contributed by atoms with van der Waals surface area (Å²) in [6.07, 6.45) is 0.309. The fourth-order valence-corrected chi connectivity index (χ4v) is 4.59. The van der Waals surface area contributed by atoms with Crippen LogP contribution in [0.5, 0.6) is 17.2 Å². The van der Waals surface area contributed by atoms with Crippen molar-refractivity contribution in [2.45, 2.75) is 39.2 Å². The summed E-state index contributed by atoms with van der Waals surface area (Å²) >= 11 is 0. The zero-order valence-corrected chi connectivity index (χ0v) is 22.0. The van der Waals surface area contributed by atoms with E-state index >= 15 is 0 Å². The average molecular weight is 527 g/mol. The average Bonchev–Trinajstić information content (AvgIpc) is 3.07. The number of ether oxygens (including phenoxy) is 3. The Hall–Kier alpha value is -3.99. The number of nitrogens with zero attached hydrogens (tertiary/aromatic N) is 2. The molecule has 2 heterocycles. The molecule has 0 saturated carbocycles. The molecule has 1 N–H and O–H groups in total. The lowest BCUT2D eigenvalue weighted by molar-refractivity contribution is 0.0640. The Bertz CT molecular complexity index is 1390. The van der Waals surface area contributed by atoms with E-state index in [0.717, 1.165) is 10.9 Å². The lowest BCUT2D eigenvalue weighted by atomic mass is 10.0. The van der Waals surface area contributed by atoms with Crippen LogP contribution in [0.3, 0.4) is 0 Å². The molecule has 2 amide bonds. The molecule has 11 heteroatoms. The fraction of sp³-hybridized carbons (Fsp3) is 0.308. The number of carbonyl (C=O) groups excluding carboxylic acids is 3. The Kier molecular flexibility index (Phi) is 7.17. The minimum Gasteiger partial charge on any atom is -0.505 e. The number of aromatic hydroxyl groups is 1. The van der Waals surface area contributed by atoms with E-state index in [9.17, 15) is 23.9 Å². The molecule has 9 nitrogen and oxygen atoms in total. The fourth-order valence-electron chi connectivity index (χ4n) is 3.87. The van der Waals surface area contributed by atoms with Crippen LogP contribution in [0, 0.1) is 5.82 Å². The van der Waals surface area contributed by atoms with Crippen molar-refractivity contribution in [3.05, 3.63) is 59.0 Å². The Labute approximate surface area is 213 Å². The number of halogens is 1. The van der Waals surface area contributed by atoms with Gasteiger partial charge < -0.3 is 19.3 Å². The van der Waals surface area contributed by atoms with Crippen molar-refractivity contribution in [2.75, 3.05) is 13.2 Å². The third-order valence-electron chi connectivity index (χ3n) is 5.79. The van der Waals surface area contributed by atoms with Crippen LogP contribution in [-0.4, -0.2) is 54.2 Å². The van der Waals surface area contributed by atoms with Gasteiger partial charge in [0.15, 0.2) is 11.5 Å². The summed E-state index contributed by atoms with van der Waals surface area (Å²) in [5.74, 6) is -2.48. The molecule has 0 unspecified atom stereocenters. The predicted molar refractivity (Wildman–Crippen MR) is 135 cm³/mol. The van der Waals surface area contributed by atoms with Crippen molar-refractivity contribution in [3.8, 4) is 17.2 Å². The maximum absolute atomic E-state index is 13.4. The van der Waals surface area contributed by atoms with Crippen LogP contribution < -0.4 is 9.47 Å². The van der Waals surface area contributed by atoms with Gasteiger partial charge in [0.2, 0.25) is 0 Å². The highest BCUT2D eigenvalue weighted by Gasteiger charge is 2.43. The van der Waals surface area contributed by atoms with Crippen LogP contribution in [0.25, 0.3) is 10.9 Å². The van der Waals surface area contributed by atoms with Crippen LogP contribution in [0.4, 0.5) is 9.18 Å². The molecule has 2 aromatic carbocycles. The second-order valence-electron chi connectivity index (χ2n) is 9.76. The predicted octanol–water partition coefficient (Wildman–Crippen LogP) is 5.13. The first-order chi connectivity index (χ1) is 17.5. The third-order valence-corrected chi connectivity index (χ3v) is 7.49. The maximum atomic E-state index is 13.4. The summed E-state index contributed by atoms with van der Waals surface area (Å²) < 4.78 is 29.5. The van der Waals surface area contributed by atoms with Crippen molar-refractivity contribution in [3.63, 3.8) is 0 Å². The molecule has 0 saturated heterocycles. The smallest absolute Gasteiger partial charge is 0.505 e. The number of carbonyl (C=O) groups is 3. The van der Waals surface area contributed by atoms with Gasteiger partial charge in [0.25, 0.3) is 11.8 Å². The highest BCUT2D eigenvalue weighted by Crippen LogP contribution is 2.45. The summed E-state index contributed by atoms with van der Waals surface area (Å²) in [6, 6.07) is 7.69. The summed E-state index contributed by atoms with van der Waals surface area (Å²) in [7, 11) is -1.37. The van der Waals surface area contributed by atoms with Crippen molar-refractivity contribution >= 4 is 36.9 Å². The van der Waals surface area contributed by atoms with Gasteiger partial charge in [0.05, 0.1) is 31.3 Å². The monoisotopic (exact) mass is 526 g/mol. The van der Waals surface area contributed by atoms with Gasteiger partial charge in [0, 0.05) is 8.07 Å². The summed E-state index contributed by atoms with van der Waals surface area (Å²) in [6.45, 7) is 8.50. The van der Waals surface area contributed by atoms with E-state index in [1.54, 1.807) is 6.92 Å². The molecule has 0 fully saturated rings. The van der Waals surface area contributed by atoms with Gasteiger partial charge >= 0.3 is 6.16 Å². The number of amides is 2. The van der Waals surface area contributed by atoms with E-state index in [-0.39, 0.29) is 40.9 Å². The standard InChI is InChI=1S/C26H27FN2O7Si/c1-5-34-26(33)36-23-18-12-17(35-10-11-37(2,3)4)13-28-21(18)22(30)19-20(23)25(32)29(24(19)31)14-15-6-8-16(27)9-7-15/h6-9,12-13,30H,5,10-11,14H2,1-4H3. The quantitative estimate of drug-likeness (QED) is 0.186. The summed E-state index contributed by atoms with van der Waals surface area (Å²) in [5, 5.41) is 11.1. The molecule has 3 aromatic rings. The molecule has 0 bridgehead atoms. The molecule has 1 aliphatic rings. The molecule has 0 aliphatic carbocycles. The van der Waals surface area contributed by atoms with E-state index in [2.05, 4.69) is 24.6 Å². The van der Waals surface area contributed by atoms with E-state index < -0.39 is 37.6 Å². The van der Waals surface area contributed by atoms with Gasteiger partial charge in [-0.3, -0.25) is 14.5 Å². The number of aromatic nitrogens is 1. The van der Waals surface area contributed by atoms with E-state index in [0.29, 0.717) is 17.9 Å². The molecule has 1 aromatic heterocycles. The lowest BCUT2D eigenvalue weighted by Crippen LogP contribution is -2.29. The van der Waals surface area contributed by atoms with Crippen LogP contribution in [-0.2, 0) is 11.3 Å². The molecule has 1 aliphatic heterocycles. The molecule has 0 spiro atoms. The summed E-state index contributed by atoms with van der Waals surface area (Å²) in [5.41, 5.74) is -0.172. The minimum absolute atomic E-state index is 0.0178. The van der Waals surface area contributed by atoms with Crippen molar-refractivity contribution < 1.29 is 38.1 Å². The number of phenolic OH excluding ortho intramolecular Hbond substituents is 1. The van der Waals surface area contributed by atoms with Gasteiger partial charge in [-0.2, -0.15) is 0 Å². The highest BCUT2D eigenvalue weighted by atomic mass is 28.3. The summed E-state index contributed by atoms with van der Waals surface area (Å²) in [4.78, 5) is 44.1. The first-order valence-electron chi connectivity index (χ1n) is 11.8. The lowest BCUT2D eigenvalue weighted by Gasteiger charge is -2.17. The normalized spacial score (nSPS) is 13.2. The zero-order chi connectivity index (χ0) is 26.9. The largest absolute Gasteiger partial charge is 0.513 e. The topological polar surface area (TPSA) is 115 Å². The third kappa shape index (κ3) is 5.41. The van der Waals surface area contributed by atoms with E-state index in [4.69, 9.17) is 14.2 Å². The number of fused-ring (bicyclic) bond motifs is 2. The maximum Gasteiger partial charge on any atom is 0.513 e. The molecular formula is C26H27FN2O7Si. The van der Waals surface area contributed by atoms with E-state index in [1.165, 1.54) is 36.5 Å². The number of imide groups is 1. The number of phenols is 1. The number of benzene rings is 2. The van der Waals surface area contributed by atoms with Gasteiger partial charge in [-0.15, -0.1) is 0 Å². The molecule has 4 rings (SSSR count). The molecule has 0 atom stereocenters. The Balaban J connectivity index is 1.80. The second-order valence-corrected chi connectivity index (χ2v) is 15.4. The van der Waals surface area contributed by atoms with Crippen LogP contribution in [0.15, 0.2) is 36.5 Å². The Morgan fingerprint density at radius 3 is 2.43 bits per heavy atom. The second kappa shape index (κ2) is 10.2. The minimum atomic E-state index is -1.37. The Morgan fingerprint density at radius 2 is 1.78 bits per heavy atom. The molecule has 37 heavy (non-hydrogen) atoms. The van der Waals surface area contributed by atoms with Crippen LogP contribution >= 0.6 is 0 Å². The zero-order valence-electron chi connectivity index (χ0n) is 21.0. The number of pyridine rings is 1. The SMILES string of the molecule is CCOC(=O)Oc1c2c(c(O)c3ncc(OCC[Si](C)(C)C)cc13)C(=O)N(Cc1ccc(F)cc1)C2=O. The molecule has 0 radical (unpaired) electrons. The van der Waals surface area contributed by atoms with Gasteiger partial charge in [-0.25, -0.2) is 14.2 Å². The van der Waals surface area contributed by atoms with Gasteiger partial charge in [-0.05, 0) is 36.7 Å².